The first kappa shape index (κ1) is 15.5. The molecule has 0 spiro atoms. The summed E-state index contributed by atoms with van der Waals surface area (Å²) in [5.41, 5.74) is 9.19. The molecule has 120 valence electrons. The molecule has 3 nitrogen and oxygen atoms in total. The molecular formula is C19H22FN3. The second-order valence-electron chi connectivity index (χ2n) is 5.90. The van der Waals surface area contributed by atoms with E-state index in [-0.39, 0.29) is 5.82 Å². The van der Waals surface area contributed by atoms with Gasteiger partial charge < -0.3 is 10.3 Å². The van der Waals surface area contributed by atoms with Crippen molar-refractivity contribution in [2.24, 2.45) is 0 Å². The molecule has 3 rings (SSSR count). The number of fused-ring (bicyclic) bond motifs is 1. The monoisotopic (exact) mass is 311 g/mol. The highest BCUT2D eigenvalue weighted by molar-refractivity contribution is 5.81. The average molecular weight is 311 g/mol. The molecule has 1 heterocycles. The van der Waals surface area contributed by atoms with E-state index >= 15 is 0 Å². The van der Waals surface area contributed by atoms with Gasteiger partial charge in [0.25, 0.3) is 0 Å². The number of nitrogens with two attached hydrogens (primary N) is 1. The topological polar surface area (TPSA) is 43.8 Å². The van der Waals surface area contributed by atoms with Crippen LogP contribution in [0.25, 0.3) is 22.4 Å². The molecule has 0 unspecified atom stereocenters. The lowest BCUT2D eigenvalue weighted by Gasteiger charge is -2.09. The van der Waals surface area contributed by atoms with Gasteiger partial charge in [-0.1, -0.05) is 26.2 Å². The second-order valence-corrected chi connectivity index (χ2v) is 5.90. The number of hydrogen-bond donors (Lipinski definition) is 1. The van der Waals surface area contributed by atoms with Crippen molar-refractivity contribution < 1.29 is 4.39 Å². The Kier molecular flexibility index (Phi) is 4.60. The lowest BCUT2D eigenvalue weighted by atomic mass is 10.2. The van der Waals surface area contributed by atoms with Crippen molar-refractivity contribution in [2.45, 2.75) is 39.2 Å². The number of nitrogen functional groups attached to an aromatic ring is 1. The Morgan fingerprint density at radius 3 is 2.57 bits per heavy atom. The zero-order valence-corrected chi connectivity index (χ0v) is 13.4. The van der Waals surface area contributed by atoms with Crippen molar-refractivity contribution in [3.05, 3.63) is 48.3 Å². The van der Waals surface area contributed by atoms with E-state index in [1.165, 1.54) is 31.4 Å². The highest BCUT2D eigenvalue weighted by atomic mass is 19.1. The van der Waals surface area contributed by atoms with E-state index in [9.17, 15) is 4.39 Å². The van der Waals surface area contributed by atoms with Crippen molar-refractivity contribution >= 4 is 16.7 Å². The van der Waals surface area contributed by atoms with Gasteiger partial charge in [-0.15, -0.1) is 0 Å². The fraction of sp³-hybridized carbons (Fsp3) is 0.316. The molecule has 0 aliphatic heterocycles. The lowest BCUT2D eigenvalue weighted by Crippen LogP contribution is -2.01. The van der Waals surface area contributed by atoms with Crippen LogP contribution >= 0.6 is 0 Å². The van der Waals surface area contributed by atoms with E-state index in [2.05, 4.69) is 16.5 Å². The van der Waals surface area contributed by atoms with E-state index in [0.717, 1.165) is 35.6 Å². The van der Waals surface area contributed by atoms with Crippen molar-refractivity contribution in [3.63, 3.8) is 0 Å². The van der Waals surface area contributed by atoms with Gasteiger partial charge >= 0.3 is 0 Å². The minimum absolute atomic E-state index is 0.253. The Labute approximate surface area is 136 Å². The summed E-state index contributed by atoms with van der Waals surface area (Å²) in [4.78, 5) is 4.65. The van der Waals surface area contributed by atoms with Crippen LogP contribution in [-0.2, 0) is 6.54 Å². The third-order valence-electron chi connectivity index (χ3n) is 4.11. The number of rotatable bonds is 6. The largest absolute Gasteiger partial charge is 0.399 e. The molecule has 0 atom stereocenters. The summed E-state index contributed by atoms with van der Waals surface area (Å²) in [6, 6.07) is 12.5. The highest BCUT2D eigenvalue weighted by Crippen LogP contribution is 2.26. The van der Waals surface area contributed by atoms with E-state index < -0.39 is 0 Å². The number of unbranched alkanes of at least 4 members (excludes halogenated alkanes) is 3. The smallest absolute Gasteiger partial charge is 0.141 e. The number of benzene rings is 2. The van der Waals surface area contributed by atoms with Crippen molar-refractivity contribution in [1.82, 2.24) is 9.55 Å². The molecule has 2 N–H and O–H groups in total. The summed E-state index contributed by atoms with van der Waals surface area (Å²) >= 11 is 0. The maximum atomic E-state index is 13.5. The van der Waals surface area contributed by atoms with Gasteiger partial charge in [-0.05, 0) is 42.8 Å². The van der Waals surface area contributed by atoms with Gasteiger partial charge in [0.15, 0.2) is 0 Å². The molecule has 0 aliphatic rings. The van der Waals surface area contributed by atoms with E-state index in [1.807, 2.05) is 30.3 Å². The zero-order valence-electron chi connectivity index (χ0n) is 13.4. The van der Waals surface area contributed by atoms with Crippen LogP contribution in [0.5, 0.6) is 0 Å². The molecule has 0 aliphatic carbocycles. The first-order valence-corrected chi connectivity index (χ1v) is 8.20. The molecular weight excluding hydrogens is 289 g/mol. The summed E-state index contributed by atoms with van der Waals surface area (Å²) in [6.45, 7) is 3.09. The Balaban J connectivity index is 2.02. The summed E-state index contributed by atoms with van der Waals surface area (Å²) in [5, 5.41) is 0. The molecule has 0 fully saturated rings. The van der Waals surface area contributed by atoms with Gasteiger partial charge in [-0.25, -0.2) is 9.37 Å². The first-order valence-electron chi connectivity index (χ1n) is 8.20. The number of halogens is 1. The van der Waals surface area contributed by atoms with Crippen LogP contribution in [0.2, 0.25) is 0 Å². The minimum atomic E-state index is -0.253. The van der Waals surface area contributed by atoms with Gasteiger partial charge in [0, 0.05) is 23.9 Å². The highest BCUT2D eigenvalue weighted by Gasteiger charge is 2.13. The lowest BCUT2D eigenvalue weighted by molar-refractivity contribution is 0.594. The predicted octanol–water partition coefficient (Wildman–Crippen LogP) is 5.00. The Bertz CT molecular complexity index is 790. The maximum Gasteiger partial charge on any atom is 0.141 e. The van der Waals surface area contributed by atoms with E-state index in [1.54, 1.807) is 0 Å². The number of nitrogens with zero attached hydrogens (tertiary/aromatic N) is 2. The van der Waals surface area contributed by atoms with Gasteiger partial charge in [0.1, 0.15) is 11.6 Å². The van der Waals surface area contributed by atoms with Crippen LogP contribution in [-0.4, -0.2) is 9.55 Å². The van der Waals surface area contributed by atoms with Crippen molar-refractivity contribution in [3.8, 4) is 11.4 Å². The molecule has 3 aromatic rings. The second kappa shape index (κ2) is 6.82. The van der Waals surface area contributed by atoms with Gasteiger partial charge in [-0.3, -0.25) is 0 Å². The summed E-state index contributed by atoms with van der Waals surface area (Å²) in [6.07, 6.45) is 4.73. The minimum Gasteiger partial charge on any atom is -0.399 e. The Morgan fingerprint density at radius 1 is 1.04 bits per heavy atom. The van der Waals surface area contributed by atoms with Crippen LogP contribution < -0.4 is 5.73 Å². The van der Waals surface area contributed by atoms with E-state index in [4.69, 9.17) is 5.73 Å². The van der Waals surface area contributed by atoms with Gasteiger partial charge in [-0.2, -0.15) is 0 Å². The fourth-order valence-electron chi connectivity index (χ4n) is 2.88. The Hall–Kier alpha value is -2.36. The predicted molar refractivity (Wildman–Crippen MR) is 93.7 cm³/mol. The molecule has 23 heavy (non-hydrogen) atoms. The average Bonchev–Trinajstić information content (AvgIpc) is 2.90. The normalized spacial score (nSPS) is 11.2. The first-order chi connectivity index (χ1) is 11.2. The summed E-state index contributed by atoms with van der Waals surface area (Å²) in [5.74, 6) is 0.624. The fourth-order valence-corrected chi connectivity index (χ4v) is 2.88. The zero-order chi connectivity index (χ0) is 16.2. The number of aromatic nitrogens is 2. The SMILES string of the molecule is CCCCCCn1c(-c2ccc(N)cc2)nc2cc(F)ccc21. The van der Waals surface area contributed by atoms with Crippen LogP contribution in [0.1, 0.15) is 32.6 Å². The summed E-state index contributed by atoms with van der Waals surface area (Å²) < 4.78 is 15.7. The van der Waals surface area contributed by atoms with Crippen molar-refractivity contribution in [1.29, 1.82) is 0 Å². The standard InChI is InChI=1S/C19H22FN3/c1-2-3-4-5-12-23-18-11-8-15(20)13-17(18)22-19(23)14-6-9-16(21)10-7-14/h6-11,13H,2-5,12,21H2,1H3. The molecule has 2 aromatic carbocycles. The number of anilines is 1. The van der Waals surface area contributed by atoms with E-state index in [0.29, 0.717) is 5.52 Å². The molecule has 0 saturated carbocycles. The number of aryl methyl sites for hydroxylation is 1. The molecule has 4 heteroatoms. The van der Waals surface area contributed by atoms with Crippen LogP contribution in [0.15, 0.2) is 42.5 Å². The van der Waals surface area contributed by atoms with Crippen molar-refractivity contribution in [2.75, 3.05) is 5.73 Å². The summed E-state index contributed by atoms with van der Waals surface area (Å²) in [7, 11) is 0. The Morgan fingerprint density at radius 2 is 1.83 bits per heavy atom. The van der Waals surface area contributed by atoms with Crippen LogP contribution in [0.3, 0.4) is 0 Å². The number of imidazole rings is 1. The van der Waals surface area contributed by atoms with Crippen LogP contribution in [0.4, 0.5) is 10.1 Å². The molecule has 0 saturated heterocycles. The third kappa shape index (κ3) is 3.36. The molecule has 0 amide bonds. The van der Waals surface area contributed by atoms with Crippen LogP contribution in [0, 0.1) is 5.82 Å². The maximum absolute atomic E-state index is 13.5. The molecule has 0 radical (unpaired) electrons. The third-order valence-corrected chi connectivity index (χ3v) is 4.11. The molecule has 0 bridgehead atoms. The van der Waals surface area contributed by atoms with Gasteiger partial charge in [0.05, 0.1) is 11.0 Å². The van der Waals surface area contributed by atoms with Gasteiger partial charge in [0.2, 0.25) is 0 Å². The quantitative estimate of drug-likeness (QED) is 0.514. The number of hydrogen-bond acceptors (Lipinski definition) is 2. The molecule has 1 aromatic heterocycles.